The molecule has 0 aliphatic carbocycles. The van der Waals surface area contributed by atoms with E-state index in [0.29, 0.717) is 17.4 Å². The van der Waals surface area contributed by atoms with Gasteiger partial charge in [0.2, 0.25) is 0 Å². The van der Waals surface area contributed by atoms with Gasteiger partial charge >= 0.3 is 0 Å². The second kappa shape index (κ2) is 5.88. The van der Waals surface area contributed by atoms with Gasteiger partial charge in [0.15, 0.2) is 11.9 Å². The van der Waals surface area contributed by atoms with Gasteiger partial charge in [0.25, 0.3) is 0 Å². The molecule has 0 amide bonds. The molecule has 0 aromatic rings. The fraction of sp³-hybridized carbons (Fsp3) is 0.875. The number of Topliss-reactive ketones (excluding diaryl/α,β-unsaturated/α-hetero) is 1. The van der Waals surface area contributed by atoms with Crippen LogP contribution in [0.1, 0.15) is 13.3 Å². The Labute approximate surface area is 91.4 Å². The van der Waals surface area contributed by atoms with Crippen LogP contribution in [-0.2, 0) is 4.79 Å². The second-order valence-corrected chi connectivity index (χ2v) is 3.81. The molecule has 0 radical (unpaired) electrons. The first kappa shape index (κ1) is 14.8. The predicted octanol–water partition coefficient (Wildman–Crippen LogP) is -2.96. The van der Waals surface area contributed by atoms with Gasteiger partial charge in [0.1, 0.15) is 6.54 Å². The van der Waals surface area contributed by atoms with Gasteiger partial charge in [0.05, 0.1) is 21.1 Å². The van der Waals surface area contributed by atoms with Crippen molar-refractivity contribution in [3.05, 3.63) is 0 Å². The number of ketones is 1. The molecular formula is C8H18INO2. The fourth-order valence-corrected chi connectivity index (χ4v) is 0.856. The third-order valence-corrected chi connectivity index (χ3v) is 1.44. The number of aliphatic hydroxyl groups is 1. The number of hydrogen-bond donors (Lipinski definition) is 1. The summed E-state index contributed by atoms with van der Waals surface area (Å²) in [4.78, 5) is 10.9. The van der Waals surface area contributed by atoms with Crippen molar-refractivity contribution in [3.8, 4) is 0 Å². The molecule has 0 aromatic heterocycles. The van der Waals surface area contributed by atoms with Crippen molar-refractivity contribution in [1.29, 1.82) is 0 Å². The molecule has 0 saturated carbocycles. The first-order valence-electron chi connectivity index (χ1n) is 3.88. The van der Waals surface area contributed by atoms with Crippen LogP contribution in [0.4, 0.5) is 0 Å². The molecular weight excluding hydrogens is 269 g/mol. The summed E-state index contributed by atoms with van der Waals surface area (Å²) in [5.74, 6) is -0.0712. The summed E-state index contributed by atoms with van der Waals surface area (Å²) in [6.45, 7) is 2.26. The van der Waals surface area contributed by atoms with Crippen LogP contribution < -0.4 is 24.0 Å². The minimum atomic E-state index is -0.792. The maximum absolute atomic E-state index is 10.9. The number of likely N-dealkylation sites (N-methyl/N-ethyl adjacent to an activating group) is 1. The Kier molecular flexibility index (Phi) is 7.26. The molecule has 0 bridgehead atoms. The Balaban J connectivity index is 0. The summed E-state index contributed by atoms with van der Waals surface area (Å²) in [6, 6.07) is 0. The Hall–Kier alpha value is 0.320. The van der Waals surface area contributed by atoms with E-state index in [2.05, 4.69) is 0 Å². The molecule has 0 spiro atoms. The quantitative estimate of drug-likeness (QED) is 0.443. The summed E-state index contributed by atoms with van der Waals surface area (Å²) >= 11 is 0. The molecule has 0 aromatic carbocycles. The lowest BCUT2D eigenvalue weighted by Gasteiger charge is -2.25. The van der Waals surface area contributed by atoms with Gasteiger partial charge in [-0.2, -0.15) is 0 Å². The van der Waals surface area contributed by atoms with E-state index in [-0.39, 0.29) is 29.8 Å². The first-order chi connectivity index (χ1) is 4.87. The molecule has 0 aliphatic rings. The van der Waals surface area contributed by atoms with Gasteiger partial charge in [0, 0.05) is 6.42 Å². The summed E-state index contributed by atoms with van der Waals surface area (Å²) in [5.41, 5.74) is 0. The highest BCUT2D eigenvalue weighted by molar-refractivity contribution is 5.82. The van der Waals surface area contributed by atoms with E-state index in [0.717, 1.165) is 0 Å². The molecule has 12 heavy (non-hydrogen) atoms. The third kappa shape index (κ3) is 7.00. The standard InChI is InChI=1S/C8H18NO2.HI/c1-5-7(10)8(11)6-9(2,3)4;/h8,11H,5-6H2,1-4H3;1H/q+1;/p-1. The number of hydrogen-bond acceptors (Lipinski definition) is 2. The van der Waals surface area contributed by atoms with Crippen LogP contribution in [0.2, 0.25) is 0 Å². The molecule has 0 rings (SSSR count). The first-order valence-corrected chi connectivity index (χ1v) is 3.88. The smallest absolute Gasteiger partial charge is 0.166 e. The number of carbonyl (C=O) groups excluding carboxylic acids is 1. The van der Waals surface area contributed by atoms with Crippen molar-refractivity contribution in [2.75, 3.05) is 27.7 Å². The van der Waals surface area contributed by atoms with E-state index in [1.54, 1.807) is 6.92 Å². The van der Waals surface area contributed by atoms with Gasteiger partial charge < -0.3 is 33.6 Å². The summed E-state index contributed by atoms with van der Waals surface area (Å²) in [5, 5.41) is 9.29. The Morgan fingerprint density at radius 1 is 1.42 bits per heavy atom. The number of rotatable bonds is 4. The van der Waals surface area contributed by atoms with Crippen LogP contribution >= 0.6 is 0 Å². The van der Waals surface area contributed by atoms with Crippen LogP contribution in [0.25, 0.3) is 0 Å². The lowest BCUT2D eigenvalue weighted by Crippen LogP contribution is -3.00. The number of quaternary nitrogens is 1. The normalized spacial score (nSPS) is 13.4. The average molecular weight is 287 g/mol. The third-order valence-electron chi connectivity index (χ3n) is 1.44. The van der Waals surface area contributed by atoms with E-state index in [4.69, 9.17) is 0 Å². The molecule has 74 valence electrons. The molecule has 4 heteroatoms. The van der Waals surface area contributed by atoms with Crippen LogP contribution in [0.5, 0.6) is 0 Å². The van der Waals surface area contributed by atoms with E-state index in [9.17, 15) is 9.90 Å². The molecule has 0 fully saturated rings. The van der Waals surface area contributed by atoms with Crippen LogP contribution in [0, 0.1) is 0 Å². The summed E-state index contributed by atoms with van der Waals surface area (Å²) in [6.07, 6.45) is -0.374. The summed E-state index contributed by atoms with van der Waals surface area (Å²) < 4.78 is 0.618. The highest BCUT2D eigenvalue weighted by atomic mass is 127. The minimum absolute atomic E-state index is 0. The SMILES string of the molecule is CCC(=O)C(O)C[N+](C)(C)C.[I-]. The predicted molar refractivity (Wildman–Crippen MR) is 44.2 cm³/mol. The molecule has 0 aliphatic heterocycles. The molecule has 1 unspecified atom stereocenters. The molecule has 1 atom stereocenters. The largest absolute Gasteiger partial charge is 1.00 e. The van der Waals surface area contributed by atoms with Gasteiger partial charge in [-0.3, -0.25) is 4.79 Å². The zero-order chi connectivity index (χ0) is 9.07. The van der Waals surface area contributed by atoms with Crippen molar-refractivity contribution in [2.24, 2.45) is 0 Å². The molecule has 0 saturated heterocycles. The number of nitrogens with zero attached hydrogens (tertiary/aromatic N) is 1. The van der Waals surface area contributed by atoms with E-state index in [1.807, 2.05) is 21.1 Å². The maximum Gasteiger partial charge on any atom is 0.166 e. The average Bonchev–Trinajstić information content (AvgIpc) is 1.82. The van der Waals surface area contributed by atoms with E-state index < -0.39 is 6.10 Å². The lowest BCUT2D eigenvalue weighted by molar-refractivity contribution is -0.872. The second-order valence-electron chi connectivity index (χ2n) is 3.81. The van der Waals surface area contributed by atoms with Crippen LogP contribution in [-0.4, -0.2) is 49.2 Å². The van der Waals surface area contributed by atoms with Crippen LogP contribution in [0.3, 0.4) is 0 Å². The lowest BCUT2D eigenvalue weighted by atomic mass is 10.2. The molecule has 3 nitrogen and oxygen atoms in total. The van der Waals surface area contributed by atoms with Gasteiger partial charge in [-0.1, -0.05) is 6.92 Å². The van der Waals surface area contributed by atoms with Crippen molar-refractivity contribution >= 4 is 5.78 Å². The van der Waals surface area contributed by atoms with Crippen LogP contribution in [0.15, 0.2) is 0 Å². The molecule has 1 N–H and O–H groups in total. The van der Waals surface area contributed by atoms with Crippen molar-refractivity contribution < 1.29 is 38.4 Å². The number of aliphatic hydroxyl groups excluding tert-OH is 1. The van der Waals surface area contributed by atoms with Crippen molar-refractivity contribution in [2.45, 2.75) is 19.4 Å². The maximum atomic E-state index is 10.9. The Bertz CT molecular complexity index is 142. The fourth-order valence-electron chi connectivity index (χ4n) is 0.856. The minimum Gasteiger partial charge on any atom is -1.00 e. The zero-order valence-corrected chi connectivity index (χ0v) is 10.3. The van der Waals surface area contributed by atoms with Crippen molar-refractivity contribution in [1.82, 2.24) is 0 Å². The Morgan fingerprint density at radius 2 is 1.83 bits per heavy atom. The highest BCUT2D eigenvalue weighted by Gasteiger charge is 2.20. The van der Waals surface area contributed by atoms with E-state index >= 15 is 0 Å². The topological polar surface area (TPSA) is 37.3 Å². The van der Waals surface area contributed by atoms with Gasteiger partial charge in [-0.05, 0) is 0 Å². The van der Waals surface area contributed by atoms with Gasteiger partial charge in [-0.25, -0.2) is 0 Å². The zero-order valence-electron chi connectivity index (χ0n) is 8.17. The summed E-state index contributed by atoms with van der Waals surface area (Å²) in [7, 11) is 5.85. The number of carbonyl (C=O) groups is 1. The van der Waals surface area contributed by atoms with Crippen molar-refractivity contribution in [3.63, 3.8) is 0 Å². The Morgan fingerprint density at radius 3 is 2.08 bits per heavy atom. The number of halogens is 1. The highest BCUT2D eigenvalue weighted by Crippen LogP contribution is 1.97. The molecule has 0 heterocycles. The monoisotopic (exact) mass is 287 g/mol. The van der Waals surface area contributed by atoms with E-state index in [1.165, 1.54) is 0 Å². The van der Waals surface area contributed by atoms with Gasteiger partial charge in [-0.15, -0.1) is 0 Å².